The summed E-state index contributed by atoms with van der Waals surface area (Å²) in [6.45, 7) is 2.13. The minimum Gasteiger partial charge on any atom is -0.0935 e. The van der Waals surface area contributed by atoms with Crippen molar-refractivity contribution in [1.29, 1.82) is 0 Å². The molecule has 0 amide bonds. The van der Waals surface area contributed by atoms with Crippen LogP contribution >= 0.6 is 0 Å². The van der Waals surface area contributed by atoms with Crippen molar-refractivity contribution in [3.8, 4) is 0 Å². The lowest BCUT2D eigenvalue weighted by molar-refractivity contribution is 0.728. The van der Waals surface area contributed by atoms with Gasteiger partial charge in [0.05, 0.1) is 0 Å². The van der Waals surface area contributed by atoms with E-state index in [1.807, 2.05) is 6.07 Å². The van der Waals surface area contributed by atoms with Crippen LogP contribution in [0.3, 0.4) is 0 Å². The maximum atomic E-state index is 5.90. The van der Waals surface area contributed by atoms with Crippen LogP contribution in [0.1, 0.15) is 30.4 Å². The molecule has 1 aliphatic carbocycles. The minimum absolute atomic E-state index is 0.964. The number of hydrogen-bond donors (Lipinski definition) is 0. The molecule has 1 saturated carbocycles. The number of hydrogen-bond acceptors (Lipinski definition) is 0. The highest BCUT2D eigenvalue weighted by Gasteiger charge is 2.20. The van der Waals surface area contributed by atoms with Gasteiger partial charge in [0.25, 0.3) is 0 Å². The zero-order chi connectivity index (χ0) is 9.26. The molecule has 1 aromatic carbocycles. The monoisotopic (exact) mass is 170 g/mol. The Bertz CT molecular complexity index is 300. The number of aryl methyl sites for hydroxylation is 2. The molecule has 0 saturated heterocycles. The van der Waals surface area contributed by atoms with Crippen LogP contribution in [0.2, 0.25) is 0 Å². The van der Waals surface area contributed by atoms with Crippen LogP contribution in [0.5, 0.6) is 0 Å². The first kappa shape index (κ1) is 8.86. The normalized spacial score (nSPS) is 16.1. The van der Waals surface area contributed by atoms with Gasteiger partial charge < -0.3 is 0 Å². The van der Waals surface area contributed by atoms with E-state index in [2.05, 4.69) is 19.1 Å². The average Bonchev–Trinajstić information content (AvgIpc) is 2.90. The lowest BCUT2D eigenvalue weighted by Crippen LogP contribution is -2.10. The first-order chi connectivity index (χ1) is 6.25. The summed E-state index contributed by atoms with van der Waals surface area (Å²) in [6.07, 6.45) is 5.36. The van der Waals surface area contributed by atoms with Crippen LogP contribution in [0.15, 0.2) is 18.2 Å². The Morgan fingerprint density at radius 3 is 2.85 bits per heavy atom. The molecule has 2 radical (unpaired) electrons. The first-order valence-corrected chi connectivity index (χ1v) is 5.11. The average molecular weight is 170 g/mol. The standard InChI is InChI=1S/C12H15B/c1-9-2-7-12(13)11(8-9)6-5-10-3-4-10/h2,7-8,10H,3-6H2,1H3. The molecule has 0 heterocycles. The van der Waals surface area contributed by atoms with Crippen LogP contribution in [0.25, 0.3) is 0 Å². The van der Waals surface area contributed by atoms with Crippen molar-refractivity contribution in [2.24, 2.45) is 5.92 Å². The molecule has 0 atom stereocenters. The second-order valence-electron chi connectivity index (χ2n) is 4.18. The van der Waals surface area contributed by atoms with Gasteiger partial charge in [0, 0.05) is 0 Å². The fourth-order valence-corrected chi connectivity index (χ4v) is 1.72. The summed E-state index contributed by atoms with van der Waals surface area (Å²) >= 11 is 0. The van der Waals surface area contributed by atoms with Gasteiger partial charge >= 0.3 is 0 Å². The van der Waals surface area contributed by atoms with E-state index in [1.165, 1.54) is 30.4 Å². The quantitative estimate of drug-likeness (QED) is 0.609. The topological polar surface area (TPSA) is 0 Å². The fourth-order valence-electron chi connectivity index (χ4n) is 1.72. The van der Waals surface area contributed by atoms with Crippen LogP contribution in [0.4, 0.5) is 0 Å². The highest BCUT2D eigenvalue weighted by atomic mass is 14.3. The van der Waals surface area contributed by atoms with Crippen molar-refractivity contribution in [3.05, 3.63) is 29.3 Å². The maximum Gasteiger partial charge on any atom is 0.114 e. The molecule has 13 heavy (non-hydrogen) atoms. The molecule has 0 spiro atoms. The molecule has 1 aromatic rings. The Balaban J connectivity index is 2.03. The van der Waals surface area contributed by atoms with Gasteiger partial charge in [-0.1, -0.05) is 47.6 Å². The lowest BCUT2D eigenvalue weighted by Gasteiger charge is -2.06. The van der Waals surface area contributed by atoms with Gasteiger partial charge in [0.2, 0.25) is 0 Å². The van der Waals surface area contributed by atoms with E-state index in [4.69, 9.17) is 7.85 Å². The molecule has 2 rings (SSSR count). The summed E-state index contributed by atoms with van der Waals surface area (Å²) < 4.78 is 0. The lowest BCUT2D eigenvalue weighted by atomic mass is 9.87. The summed E-state index contributed by atoms with van der Waals surface area (Å²) in [7, 11) is 5.90. The molecule has 0 nitrogen and oxygen atoms in total. The van der Waals surface area contributed by atoms with Gasteiger partial charge in [-0.15, -0.1) is 0 Å². The van der Waals surface area contributed by atoms with E-state index in [0.29, 0.717) is 0 Å². The molecule has 0 N–H and O–H groups in total. The third-order valence-electron chi connectivity index (χ3n) is 2.82. The Hall–Kier alpha value is -0.715. The summed E-state index contributed by atoms with van der Waals surface area (Å²) in [5.41, 5.74) is 3.62. The van der Waals surface area contributed by atoms with Gasteiger partial charge in [-0.25, -0.2) is 0 Å². The van der Waals surface area contributed by atoms with Gasteiger partial charge in [-0.05, 0) is 25.7 Å². The number of rotatable bonds is 3. The van der Waals surface area contributed by atoms with Crippen LogP contribution in [-0.4, -0.2) is 7.85 Å². The Kier molecular flexibility index (Phi) is 2.43. The first-order valence-electron chi connectivity index (χ1n) is 5.11. The molecular formula is C12H15B. The second-order valence-corrected chi connectivity index (χ2v) is 4.18. The Morgan fingerprint density at radius 1 is 1.38 bits per heavy atom. The van der Waals surface area contributed by atoms with Gasteiger partial charge in [0.1, 0.15) is 7.85 Å². The summed E-state index contributed by atoms with van der Waals surface area (Å²) in [5, 5.41) is 0. The van der Waals surface area contributed by atoms with Gasteiger partial charge in [-0.3, -0.25) is 0 Å². The third kappa shape index (κ3) is 2.36. The zero-order valence-corrected chi connectivity index (χ0v) is 8.22. The highest BCUT2D eigenvalue weighted by Crippen LogP contribution is 2.33. The predicted octanol–water partition coefficient (Wildman–Crippen LogP) is 2.13. The molecule has 66 valence electrons. The molecule has 1 heteroatoms. The van der Waals surface area contributed by atoms with Crippen molar-refractivity contribution in [2.45, 2.75) is 32.6 Å². The molecule has 0 aliphatic heterocycles. The van der Waals surface area contributed by atoms with Gasteiger partial charge in [-0.2, -0.15) is 0 Å². The van der Waals surface area contributed by atoms with Crippen molar-refractivity contribution < 1.29 is 0 Å². The summed E-state index contributed by atoms with van der Waals surface area (Å²) in [5.74, 6) is 1.000. The predicted molar refractivity (Wildman–Crippen MR) is 57.6 cm³/mol. The Labute approximate surface area is 81.8 Å². The van der Waals surface area contributed by atoms with Crippen molar-refractivity contribution in [3.63, 3.8) is 0 Å². The smallest absolute Gasteiger partial charge is 0.0935 e. The fraction of sp³-hybridized carbons (Fsp3) is 0.500. The molecule has 1 aliphatic rings. The van der Waals surface area contributed by atoms with Crippen LogP contribution in [-0.2, 0) is 6.42 Å². The van der Waals surface area contributed by atoms with E-state index >= 15 is 0 Å². The van der Waals surface area contributed by atoms with Gasteiger partial charge in [0.15, 0.2) is 0 Å². The second kappa shape index (κ2) is 3.57. The molecule has 0 bridgehead atoms. The molecule has 0 aromatic heterocycles. The molecule has 1 fully saturated rings. The maximum absolute atomic E-state index is 5.90. The van der Waals surface area contributed by atoms with Crippen molar-refractivity contribution in [2.75, 3.05) is 0 Å². The minimum atomic E-state index is 0.964. The van der Waals surface area contributed by atoms with E-state index < -0.39 is 0 Å². The largest absolute Gasteiger partial charge is 0.114 e. The van der Waals surface area contributed by atoms with E-state index in [0.717, 1.165) is 17.8 Å². The third-order valence-corrected chi connectivity index (χ3v) is 2.82. The molecular weight excluding hydrogens is 155 g/mol. The van der Waals surface area contributed by atoms with Crippen molar-refractivity contribution in [1.82, 2.24) is 0 Å². The summed E-state index contributed by atoms with van der Waals surface area (Å²) in [6, 6.07) is 6.32. The Morgan fingerprint density at radius 2 is 2.15 bits per heavy atom. The van der Waals surface area contributed by atoms with E-state index in [9.17, 15) is 0 Å². The SMILES string of the molecule is [B]c1ccc(C)cc1CCC1CC1. The van der Waals surface area contributed by atoms with Crippen LogP contribution in [0, 0.1) is 12.8 Å². The van der Waals surface area contributed by atoms with Crippen LogP contribution < -0.4 is 5.46 Å². The van der Waals surface area contributed by atoms with E-state index in [1.54, 1.807) is 0 Å². The molecule has 0 unspecified atom stereocenters. The summed E-state index contributed by atoms with van der Waals surface area (Å²) in [4.78, 5) is 0. The highest BCUT2D eigenvalue weighted by molar-refractivity contribution is 6.33. The van der Waals surface area contributed by atoms with Crippen molar-refractivity contribution >= 4 is 13.3 Å². The van der Waals surface area contributed by atoms with E-state index in [-0.39, 0.29) is 0 Å². The number of benzene rings is 1. The zero-order valence-electron chi connectivity index (χ0n) is 8.22.